The molecule has 98 valence electrons. The molecule has 2 fully saturated rings. The van der Waals surface area contributed by atoms with Gasteiger partial charge in [-0.3, -0.25) is 0 Å². The average molecular weight is 286 g/mol. The zero-order valence-electron chi connectivity index (χ0n) is 10.2. The molecule has 1 aromatic carbocycles. The Morgan fingerprint density at radius 2 is 1.89 bits per heavy atom. The van der Waals surface area contributed by atoms with Crippen molar-refractivity contribution in [3.63, 3.8) is 0 Å². The molecule has 0 heterocycles. The van der Waals surface area contributed by atoms with E-state index in [0.29, 0.717) is 27.4 Å². The molecule has 0 aromatic heterocycles. The SMILES string of the molecule is Nc1cc(Cl)c(OCC2CC3CCC2C3)c(Cl)c1. The second-order valence-electron chi connectivity index (χ2n) is 5.56. The maximum absolute atomic E-state index is 6.11. The summed E-state index contributed by atoms with van der Waals surface area (Å²) >= 11 is 12.2. The van der Waals surface area contributed by atoms with Gasteiger partial charge in [0.1, 0.15) is 0 Å². The van der Waals surface area contributed by atoms with Crippen LogP contribution in [-0.2, 0) is 0 Å². The lowest BCUT2D eigenvalue weighted by atomic mass is 9.89. The van der Waals surface area contributed by atoms with Gasteiger partial charge in [-0.15, -0.1) is 0 Å². The van der Waals surface area contributed by atoms with Crippen LogP contribution in [-0.4, -0.2) is 6.61 Å². The smallest absolute Gasteiger partial charge is 0.156 e. The molecule has 0 radical (unpaired) electrons. The monoisotopic (exact) mass is 285 g/mol. The Labute approximate surface area is 117 Å². The van der Waals surface area contributed by atoms with Crippen LogP contribution in [0.25, 0.3) is 0 Å². The van der Waals surface area contributed by atoms with E-state index in [2.05, 4.69) is 0 Å². The highest BCUT2D eigenvalue weighted by molar-refractivity contribution is 6.37. The Bertz CT molecular complexity index is 440. The summed E-state index contributed by atoms with van der Waals surface area (Å²) in [5.41, 5.74) is 6.24. The second kappa shape index (κ2) is 4.82. The predicted octanol–water partition coefficient (Wildman–Crippen LogP) is 4.39. The summed E-state index contributed by atoms with van der Waals surface area (Å²) in [5, 5.41) is 1.01. The normalized spacial score (nSPS) is 29.8. The van der Waals surface area contributed by atoms with Crippen molar-refractivity contribution < 1.29 is 4.74 Å². The fourth-order valence-corrected chi connectivity index (χ4v) is 4.10. The number of benzene rings is 1. The van der Waals surface area contributed by atoms with Crippen molar-refractivity contribution in [1.29, 1.82) is 0 Å². The Kier molecular flexibility index (Phi) is 3.33. The van der Waals surface area contributed by atoms with Crippen molar-refractivity contribution in [3.05, 3.63) is 22.2 Å². The third-order valence-electron chi connectivity index (χ3n) is 4.35. The zero-order chi connectivity index (χ0) is 12.7. The molecule has 4 heteroatoms. The van der Waals surface area contributed by atoms with E-state index in [1.807, 2.05) is 0 Å². The molecule has 3 unspecified atom stereocenters. The number of halogens is 2. The minimum atomic E-state index is 0.503. The fourth-order valence-electron chi connectivity index (χ4n) is 3.49. The van der Waals surface area contributed by atoms with Gasteiger partial charge in [-0.05, 0) is 49.1 Å². The summed E-state index contributed by atoms with van der Waals surface area (Å²) in [7, 11) is 0. The van der Waals surface area contributed by atoms with Crippen LogP contribution in [0.15, 0.2) is 12.1 Å². The number of nitrogens with two attached hydrogens (primary N) is 1. The van der Waals surface area contributed by atoms with Crippen LogP contribution < -0.4 is 10.5 Å². The van der Waals surface area contributed by atoms with Crippen molar-refractivity contribution in [2.45, 2.75) is 25.7 Å². The third kappa shape index (κ3) is 2.28. The molecular weight excluding hydrogens is 269 g/mol. The van der Waals surface area contributed by atoms with Crippen LogP contribution in [0.1, 0.15) is 25.7 Å². The predicted molar refractivity (Wildman–Crippen MR) is 75.3 cm³/mol. The largest absolute Gasteiger partial charge is 0.490 e. The number of ether oxygens (including phenoxy) is 1. The molecule has 2 aliphatic carbocycles. The van der Waals surface area contributed by atoms with E-state index in [4.69, 9.17) is 33.7 Å². The number of fused-ring (bicyclic) bond motifs is 2. The highest BCUT2D eigenvalue weighted by atomic mass is 35.5. The summed E-state index contributed by atoms with van der Waals surface area (Å²) in [6, 6.07) is 3.37. The Morgan fingerprint density at radius 1 is 1.17 bits per heavy atom. The molecule has 2 N–H and O–H groups in total. The summed E-state index contributed by atoms with van der Waals surface area (Å²) in [5.74, 6) is 3.03. The van der Waals surface area contributed by atoms with E-state index in [0.717, 1.165) is 18.4 Å². The van der Waals surface area contributed by atoms with Crippen molar-refractivity contribution in [2.24, 2.45) is 17.8 Å². The van der Waals surface area contributed by atoms with Crippen LogP contribution in [0.2, 0.25) is 10.0 Å². The molecule has 2 bridgehead atoms. The number of hydrogen-bond acceptors (Lipinski definition) is 2. The van der Waals surface area contributed by atoms with Crippen LogP contribution in [0.5, 0.6) is 5.75 Å². The van der Waals surface area contributed by atoms with E-state index in [-0.39, 0.29) is 0 Å². The highest BCUT2D eigenvalue weighted by Crippen LogP contribution is 2.48. The molecule has 3 atom stereocenters. The lowest BCUT2D eigenvalue weighted by Gasteiger charge is -2.22. The zero-order valence-corrected chi connectivity index (χ0v) is 11.7. The van der Waals surface area contributed by atoms with Crippen molar-refractivity contribution >= 4 is 28.9 Å². The molecule has 0 aliphatic heterocycles. The standard InChI is InChI=1S/C14H17Cl2NO/c15-12-5-11(17)6-13(16)14(12)18-7-10-4-8-1-2-9(10)3-8/h5-6,8-10H,1-4,7,17H2. The van der Waals surface area contributed by atoms with Crippen LogP contribution >= 0.6 is 23.2 Å². The van der Waals surface area contributed by atoms with Crippen LogP contribution in [0.3, 0.4) is 0 Å². The maximum Gasteiger partial charge on any atom is 0.156 e. The Balaban J connectivity index is 1.67. The van der Waals surface area contributed by atoms with Gasteiger partial charge in [0.05, 0.1) is 16.7 Å². The molecule has 1 aromatic rings. The molecule has 18 heavy (non-hydrogen) atoms. The van der Waals surface area contributed by atoms with Crippen molar-refractivity contribution in [2.75, 3.05) is 12.3 Å². The topological polar surface area (TPSA) is 35.2 Å². The van der Waals surface area contributed by atoms with Gasteiger partial charge in [0.15, 0.2) is 5.75 Å². The summed E-state index contributed by atoms with van der Waals surface area (Å²) in [6.45, 7) is 0.727. The number of hydrogen-bond donors (Lipinski definition) is 1. The lowest BCUT2D eigenvalue weighted by molar-refractivity contribution is 0.195. The van der Waals surface area contributed by atoms with Gasteiger partial charge in [-0.2, -0.15) is 0 Å². The third-order valence-corrected chi connectivity index (χ3v) is 4.91. The van der Waals surface area contributed by atoms with E-state index in [1.54, 1.807) is 12.1 Å². The van der Waals surface area contributed by atoms with E-state index in [9.17, 15) is 0 Å². The van der Waals surface area contributed by atoms with E-state index in [1.165, 1.54) is 25.7 Å². The Morgan fingerprint density at radius 3 is 2.44 bits per heavy atom. The van der Waals surface area contributed by atoms with Crippen molar-refractivity contribution in [3.8, 4) is 5.75 Å². The molecule has 2 saturated carbocycles. The fraction of sp³-hybridized carbons (Fsp3) is 0.571. The van der Waals surface area contributed by atoms with Gasteiger partial charge < -0.3 is 10.5 Å². The van der Waals surface area contributed by atoms with Crippen LogP contribution in [0.4, 0.5) is 5.69 Å². The molecule has 0 saturated heterocycles. The minimum absolute atomic E-state index is 0.503. The molecule has 3 rings (SSSR count). The quantitative estimate of drug-likeness (QED) is 0.836. The van der Waals surface area contributed by atoms with Gasteiger partial charge in [0.2, 0.25) is 0 Å². The first-order chi connectivity index (χ1) is 8.63. The molecular formula is C14H17Cl2NO. The molecule has 0 amide bonds. The summed E-state index contributed by atoms with van der Waals surface area (Å²) < 4.78 is 5.84. The van der Waals surface area contributed by atoms with Gasteiger partial charge >= 0.3 is 0 Å². The van der Waals surface area contributed by atoms with Gasteiger partial charge in [-0.1, -0.05) is 29.6 Å². The highest BCUT2D eigenvalue weighted by Gasteiger charge is 2.39. The van der Waals surface area contributed by atoms with Gasteiger partial charge in [0, 0.05) is 5.69 Å². The number of rotatable bonds is 3. The van der Waals surface area contributed by atoms with Gasteiger partial charge in [-0.25, -0.2) is 0 Å². The molecule has 2 aliphatic rings. The Hall–Kier alpha value is -0.600. The number of anilines is 1. The first-order valence-corrected chi connectivity index (χ1v) is 7.26. The minimum Gasteiger partial charge on any atom is -0.490 e. The maximum atomic E-state index is 6.11. The van der Waals surface area contributed by atoms with Crippen molar-refractivity contribution in [1.82, 2.24) is 0 Å². The average Bonchev–Trinajstić information content (AvgIpc) is 2.89. The summed E-state index contributed by atoms with van der Waals surface area (Å²) in [6.07, 6.45) is 5.46. The van der Waals surface area contributed by atoms with Crippen LogP contribution in [0, 0.1) is 17.8 Å². The molecule has 0 spiro atoms. The second-order valence-corrected chi connectivity index (χ2v) is 6.37. The first kappa shape index (κ1) is 12.4. The van der Waals surface area contributed by atoms with E-state index >= 15 is 0 Å². The first-order valence-electron chi connectivity index (χ1n) is 6.51. The lowest BCUT2D eigenvalue weighted by Crippen LogP contribution is -2.18. The van der Waals surface area contributed by atoms with Gasteiger partial charge in [0.25, 0.3) is 0 Å². The van der Waals surface area contributed by atoms with E-state index < -0.39 is 0 Å². The summed E-state index contributed by atoms with van der Waals surface area (Å²) in [4.78, 5) is 0. The number of nitrogen functional groups attached to an aromatic ring is 1. The molecule has 2 nitrogen and oxygen atoms in total.